The Morgan fingerprint density at radius 1 is 0.645 bits per heavy atom. The Labute approximate surface area is 368 Å². The average molecular weight is 884 g/mol. The highest BCUT2D eigenvalue weighted by Gasteiger charge is 2.18. The number of hydrogen-bond donors (Lipinski definition) is 4. The van der Waals surface area contributed by atoms with Gasteiger partial charge in [-0.3, -0.25) is 0 Å². The first-order chi connectivity index (χ1) is 29.9. The molecular weight excluding hydrogens is 845 g/mol. The van der Waals surface area contributed by atoms with Gasteiger partial charge in [-0.1, -0.05) is 0 Å². The Balaban J connectivity index is 0.000000236. The Bertz CT molecular complexity index is 2780. The molecule has 0 aliphatic heterocycles. The number of hydrogen-bond acceptors (Lipinski definition) is 14. The molecule has 6 aromatic rings. The number of aryl methyl sites for hydroxylation is 4. The number of esters is 1. The molecule has 0 radical (unpaired) electrons. The van der Waals surface area contributed by atoms with Gasteiger partial charge < -0.3 is 26.0 Å². The molecule has 0 amide bonds. The first kappa shape index (κ1) is 44.7. The zero-order valence-electron chi connectivity index (χ0n) is 34.4. The van der Waals surface area contributed by atoms with Crippen molar-refractivity contribution < 1.29 is 9.53 Å². The van der Waals surface area contributed by atoms with Gasteiger partial charge in [-0.25, -0.2) is 14.8 Å². The maximum Gasteiger partial charge on any atom is 0.343 e. The lowest BCUT2D eigenvalue weighted by Crippen LogP contribution is -2.12. The number of carbonyl (C=O) groups is 1. The Hall–Kier alpha value is -8.37. The van der Waals surface area contributed by atoms with Crippen LogP contribution in [0.25, 0.3) is 12.2 Å². The monoisotopic (exact) mass is 882 g/mol. The van der Waals surface area contributed by atoms with E-state index in [1.165, 1.54) is 18.3 Å². The predicted octanol–water partition coefficient (Wildman–Crippen LogP) is 10.9. The summed E-state index contributed by atoms with van der Waals surface area (Å²) >= 11 is 3.49. The minimum absolute atomic E-state index is 0.203. The number of benzene rings is 4. The summed E-state index contributed by atoms with van der Waals surface area (Å²) in [6.07, 6.45) is 9.49. The fourth-order valence-electron chi connectivity index (χ4n) is 6.01. The largest absolute Gasteiger partial charge is 0.462 e. The molecule has 0 unspecified atom stereocenters. The van der Waals surface area contributed by atoms with Crippen molar-refractivity contribution in [1.82, 2.24) is 19.9 Å². The molecule has 0 aliphatic rings. The van der Waals surface area contributed by atoms with Gasteiger partial charge in [0.2, 0.25) is 11.9 Å². The maximum absolute atomic E-state index is 12.5. The van der Waals surface area contributed by atoms with Crippen molar-refractivity contribution in [1.29, 1.82) is 21.0 Å². The SMILES string of the molecule is CCOC(=O)c1cnc(Nc2ccc(C#N)cc2)nc1Nc1c(C)cc(/C=C/C#N)cc1C.Cc1cc(/C=C/C#N)cc(C)c1Nc1nc(Nc2ccc(C#N)cc2)ncc1Br. The second-order valence-electron chi connectivity index (χ2n) is 13.4. The van der Waals surface area contributed by atoms with Crippen molar-refractivity contribution in [2.24, 2.45) is 0 Å². The lowest BCUT2D eigenvalue weighted by molar-refractivity contribution is 0.0526. The van der Waals surface area contributed by atoms with E-state index in [0.717, 1.165) is 54.9 Å². The topological polar surface area (TPSA) is 221 Å². The fourth-order valence-corrected chi connectivity index (χ4v) is 6.30. The number of allylic oxidation sites excluding steroid dienone is 2. The first-order valence-electron chi connectivity index (χ1n) is 18.9. The van der Waals surface area contributed by atoms with Gasteiger partial charge in [-0.05, 0) is 169 Å². The molecule has 0 atom stereocenters. The van der Waals surface area contributed by atoms with Crippen LogP contribution in [0, 0.1) is 73.0 Å². The highest BCUT2D eigenvalue weighted by atomic mass is 79.9. The molecule has 62 heavy (non-hydrogen) atoms. The van der Waals surface area contributed by atoms with E-state index in [-0.39, 0.29) is 18.1 Å². The molecule has 4 N–H and O–H groups in total. The van der Waals surface area contributed by atoms with Crippen molar-refractivity contribution in [3.63, 3.8) is 0 Å². The van der Waals surface area contributed by atoms with Crippen LogP contribution < -0.4 is 21.3 Å². The average Bonchev–Trinajstić information content (AvgIpc) is 3.26. The van der Waals surface area contributed by atoms with Crippen molar-refractivity contribution in [2.45, 2.75) is 34.6 Å². The van der Waals surface area contributed by atoms with Crippen molar-refractivity contribution in [2.75, 3.05) is 27.9 Å². The van der Waals surface area contributed by atoms with Crippen LogP contribution in [-0.4, -0.2) is 32.5 Å². The Morgan fingerprint density at radius 2 is 1.06 bits per heavy atom. The Morgan fingerprint density at radius 3 is 1.48 bits per heavy atom. The highest BCUT2D eigenvalue weighted by molar-refractivity contribution is 9.10. The summed E-state index contributed by atoms with van der Waals surface area (Å²) in [6.45, 7) is 9.82. The van der Waals surface area contributed by atoms with E-state index in [4.69, 9.17) is 25.8 Å². The summed E-state index contributed by atoms with van der Waals surface area (Å²) in [5.74, 6) is 1.10. The van der Waals surface area contributed by atoms with E-state index in [9.17, 15) is 4.79 Å². The third kappa shape index (κ3) is 12.1. The van der Waals surface area contributed by atoms with Crippen LogP contribution in [-0.2, 0) is 4.74 Å². The van der Waals surface area contributed by atoms with Gasteiger partial charge >= 0.3 is 5.97 Å². The number of halogens is 1. The summed E-state index contributed by atoms with van der Waals surface area (Å²) < 4.78 is 5.90. The lowest BCUT2D eigenvalue weighted by atomic mass is 10.0. The first-order valence-corrected chi connectivity index (χ1v) is 19.7. The summed E-state index contributed by atoms with van der Waals surface area (Å²) in [7, 11) is 0. The molecule has 0 fully saturated rings. The fraction of sp³-hybridized carbons (Fsp3) is 0.128. The number of aromatic nitrogens is 4. The predicted molar refractivity (Wildman–Crippen MR) is 244 cm³/mol. The minimum atomic E-state index is -0.534. The third-order valence-corrected chi connectivity index (χ3v) is 9.45. The molecule has 306 valence electrons. The van der Waals surface area contributed by atoms with Gasteiger partial charge in [-0.2, -0.15) is 31.0 Å². The van der Waals surface area contributed by atoms with Gasteiger partial charge in [0.25, 0.3) is 0 Å². The molecule has 0 saturated heterocycles. The molecule has 4 aromatic carbocycles. The molecule has 0 bridgehead atoms. The number of ether oxygens (including phenoxy) is 1. The zero-order valence-corrected chi connectivity index (χ0v) is 36.0. The summed E-state index contributed by atoms with van der Waals surface area (Å²) in [5, 5.41) is 48.2. The van der Waals surface area contributed by atoms with Gasteiger partial charge in [0.15, 0.2) is 5.82 Å². The molecule has 14 nitrogen and oxygen atoms in total. The van der Waals surface area contributed by atoms with E-state index in [2.05, 4.69) is 69.3 Å². The molecule has 0 spiro atoms. The second-order valence-corrected chi connectivity index (χ2v) is 14.3. The molecule has 2 aromatic heterocycles. The van der Waals surface area contributed by atoms with Crippen LogP contribution in [0.1, 0.15) is 61.8 Å². The van der Waals surface area contributed by atoms with E-state index in [1.807, 2.05) is 64.1 Å². The molecule has 0 aliphatic carbocycles. The van der Waals surface area contributed by atoms with Crippen LogP contribution in [0.5, 0.6) is 0 Å². The van der Waals surface area contributed by atoms with Crippen molar-refractivity contribution in [3.05, 3.63) is 152 Å². The zero-order chi connectivity index (χ0) is 44.6. The van der Waals surface area contributed by atoms with Crippen molar-refractivity contribution in [3.8, 4) is 24.3 Å². The quantitative estimate of drug-likeness (QED) is 0.0663. The van der Waals surface area contributed by atoms with E-state index in [1.54, 1.807) is 73.8 Å². The van der Waals surface area contributed by atoms with Gasteiger partial charge in [0, 0.05) is 47.3 Å². The van der Waals surface area contributed by atoms with Crippen LogP contribution in [0.15, 0.2) is 102 Å². The van der Waals surface area contributed by atoms with E-state index in [0.29, 0.717) is 34.4 Å². The van der Waals surface area contributed by atoms with Crippen LogP contribution in [0.3, 0.4) is 0 Å². The van der Waals surface area contributed by atoms with E-state index >= 15 is 0 Å². The van der Waals surface area contributed by atoms with Gasteiger partial charge in [-0.15, -0.1) is 0 Å². The number of nitriles is 4. The van der Waals surface area contributed by atoms with Gasteiger partial charge in [0.05, 0.1) is 46.5 Å². The number of nitrogens with one attached hydrogen (secondary N) is 4. The number of carbonyl (C=O) groups excluding carboxylic acids is 1. The molecule has 2 heterocycles. The summed E-state index contributed by atoms with van der Waals surface area (Å²) in [6, 6.07) is 30.0. The van der Waals surface area contributed by atoms with Crippen LogP contribution in [0.4, 0.5) is 46.3 Å². The molecular formula is C47H39BrN12O2. The number of anilines is 8. The van der Waals surface area contributed by atoms with Crippen molar-refractivity contribution >= 4 is 80.3 Å². The second kappa shape index (κ2) is 21.6. The highest BCUT2D eigenvalue weighted by Crippen LogP contribution is 2.31. The normalized spacial score (nSPS) is 10.4. The lowest BCUT2D eigenvalue weighted by Gasteiger charge is -2.16. The number of nitrogens with zero attached hydrogens (tertiary/aromatic N) is 8. The van der Waals surface area contributed by atoms with E-state index < -0.39 is 5.97 Å². The number of rotatable bonds is 12. The third-order valence-electron chi connectivity index (χ3n) is 8.87. The maximum atomic E-state index is 12.5. The smallest absolute Gasteiger partial charge is 0.343 e. The van der Waals surface area contributed by atoms with Gasteiger partial charge in [0.1, 0.15) is 11.4 Å². The molecule has 0 saturated carbocycles. The summed E-state index contributed by atoms with van der Waals surface area (Å²) in [4.78, 5) is 30.1. The summed E-state index contributed by atoms with van der Waals surface area (Å²) in [5.41, 5.74) is 10.3. The minimum Gasteiger partial charge on any atom is -0.462 e. The molecule has 6 rings (SSSR count). The standard InChI is InChI=1S/C25H22N6O2.C22H17BrN6/c1-4-33-24(32)21-15-28-25(29-20-9-7-18(14-27)8-10-20)31-23(21)30-22-16(2)12-19(6-5-11-26)13-17(22)3;1-14-10-17(4-3-9-24)11-15(2)20(14)28-21-19(23)13-26-22(29-21)27-18-7-5-16(12-25)6-8-18/h5-10,12-13,15H,4H2,1-3H3,(H2,28,29,30,31);3-8,10-11,13H,1-2H3,(H2,26,27,28,29)/b6-5+;4-3+. The van der Waals surface area contributed by atoms with Crippen LogP contribution >= 0.6 is 15.9 Å². The molecule has 15 heteroatoms. The Kier molecular flexibility index (Phi) is 15.6. The van der Waals surface area contributed by atoms with Crippen LogP contribution in [0.2, 0.25) is 0 Å².